The van der Waals surface area contributed by atoms with Crippen LogP contribution in [0.4, 0.5) is 0 Å². The molecule has 108 valence electrons. The Morgan fingerprint density at radius 3 is 2.20 bits per heavy atom. The molecule has 4 aliphatic carbocycles. The highest BCUT2D eigenvalue weighted by atomic mass is 16.1. The second-order valence-electron chi connectivity index (χ2n) is 7.82. The molecule has 3 heteroatoms. The van der Waals surface area contributed by atoms with Crippen molar-refractivity contribution in [2.24, 2.45) is 17.8 Å². The summed E-state index contributed by atoms with van der Waals surface area (Å²) in [6.07, 6.45) is 11.1. The van der Waals surface area contributed by atoms with Gasteiger partial charge in [-0.3, -0.25) is 9.48 Å². The standard InChI is InChI=1S/C17H24N2O/c1-11(2)19-9-15(10-20)16(18-19)17-6-12-3-13(7-17)5-14(4-12)8-17/h9-14H,3-8H2,1-2H3. The Labute approximate surface area is 120 Å². The van der Waals surface area contributed by atoms with Gasteiger partial charge in [0, 0.05) is 17.7 Å². The molecule has 0 aliphatic heterocycles. The van der Waals surface area contributed by atoms with Gasteiger partial charge in [0.05, 0.1) is 11.3 Å². The lowest BCUT2D eigenvalue weighted by atomic mass is 9.48. The Balaban J connectivity index is 1.78. The van der Waals surface area contributed by atoms with Crippen molar-refractivity contribution in [1.29, 1.82) is 0 Å². The maximum absolute atomic E-state index is 11.5. The predicted molar refractivity (Wildman–Crippen MR) is 77.8 cm³/mol. The van der Waals surface area contributed by atoms with Crippen LogP contribution in [-0.4, -0.2) is 16.1 Å². The SMILES string of the molecule is CC(C)n1cc(C=O)c(C23CC4CC(CC(C4)C2)C3)n1. The first-order chi connectivity index (χ1) is 9.59. The zero-order valence-electron chi connectivity index (χ0n) is 12.5. The van der Waals surface area contributed by atoms with Gasteiger partial charge in [-0.2, -0.15) is 5.10 Å². The summed E-state index contributed by atoms with van der Waals surface area (Å²) in [5.41, 5.74) is 2.20. The van der Waals surface area contributed by atoms with Crippen LogP contribution in [0, 0.1) is 17.8 Å². The van der Waals surface area contributed by atoms with Gasteiger partial charge < -0.3 is 0 Å². The lowest BCUT2D eigenvalue weighted by Gasteiger charge is -2.56. The summed E-state index contributed by atoms with van der Waals surface area (Å²) in [5, 5.41) is 4.86. The van der Waals surface area contributed by atoms with Crippen LogP contribution in [0.2, 0.25) is 0 Å². The lowest BCUT2D eigenvalue weighted by Crippen LogP contribution is -2.49. The third kappa shape index (κ3) is 1.71. The van der Waals surface area contributed by atoms with Crippen LogP contribution in [-0.2, 0) is 5.41 Å². The molecule has 1 aromatic heterocycles. The second-order valence-corrected chi connectivity index (χ2v) is 7.82. The van der Waals surface area contributed by atoms with Gasteiger partial charge in [0.25, 0.3) is 0 Å². The van der Waals surface area contributed by atoms with Gasteiger partial charge in [-0.05, 0) is 70.1 Å². The largest absolute Gasteiger partial charge is 0.298 e. The fourth-order valence-electron chi connectivity index (χ4n) is 5.57. The third-order valence-corrected chi connectivity index (χ3v) is 5.96. The Hall–Kier alpha value is -1.12. The summed E-state index contributed by atoms with van der Waals surface area (Å²) in [7, 11) is 0. The summed E-state index contributed by atoms with van der Waals surface area (Å²) in [5.74, 6) is 2.68. The molecule has 5 rings (SSSR count). The van der Waals surface area contributed by atoms with Crippen LogP contribution in [0.15, 0.2) is 6.20 Å². The van der Waals surface area contributed by atoms with Gasteiger partial charge in [-0.25, -0.2) is 0 Å². The molecule has 1 aromatic rings. The molecule has 0 atom stereocenters. The Bertz CT molecular complexity index is 508. The Morgan fingerprint density at radius 1 is 1.20 bits per heavy atom. The molecule has 3 nitrogen and oxygen atoms in total. The maximum Gasteiger partial charge on any atom is 0.153 e. The van der Waals surface area contributed by atoms with E-state index in [1.165, 1.54) is 38.5 Å². The number of rotatable bonds is 3. The van der Waals surface area contributed by atoms with Gasteiger partial charge >= 0.3 is 0 Å². The maximum atomic E-state index is 11.5. The average molecular weight is 272 g/mol. The van der Waals surface area contributed by atoms with Crippen molar-refractivity contribution in [3.63, 3.8) is 0 Å². The first kappa shape index (κ1) is 12.6. The van der Waals surface area contributed by atoms with Crippen molar-refractivity contribution in [2.75, 3.05) is 0 Å². The fourth-order valence-corrected chi connectivity index (χ4v) is 5.57. The molecule has 4 saturated carbocycles. The number of carbonyl (C=O) groups is 1. The van der Waals surface area contributed by atoms with E-state index in [-0.39, 0.29) is 5.41 Å². The smallest absolute Gasteiger partial charge is 0.153 e. The van der Waals surface area contributed by atoms with Gasteiger partial charge in [-0.1, -0.05) is 0 Å². The highest BCUT2D eigenvalue weighted by Crippen LogP contribution is 2.60. The molecule has 0 radical (unpaired) electrons. The van der Waals surface area contributed by atoms with E-state index in [4.69, 9.17) is 5.10 Å². The molecule has 20 heavy (non-hydrogen) atoms. The Morgan fingerprint density at radius 2 is 1.75 bits per heavy atom. The minimum atomic E-state index is 0.227. The normalized spacial score (nSPS) is 38.6. The van der Waals surface area contributed by atoms with E-state index in [2.05, 4.69) is 13.8 Å². The van der Waals surface area contributed by atoms with Crippen molar-refractivity contribution in [3.05, 3.63) is 17.5 Å². The molecule has 0 saturated heterocycles. The molecule has 4 aliphatic rings. The number of hydrogen-bond donors (Lipinski definition) is 0. The van der Waals surface area contributed by atoms with E-state index < -0.39 is 0 Å². The van der Waals surface area contributed by atoms with E-state index in [9.17, 15) is 4.79 Å². The molecular formula is C17H24N2O. The summed E-state index contributed by atoms with van der Waals surface area (Å²) >= 11 is 0. The first-order valence-electron chi connectivity index (χ1n) is 8.14. The lowest BCUT2D eigenvalue weighted by molar-refractivity contribution is -0.00775. The topological polar surface area (TPSA) is 34.9 Å². The van der Waals surface area contributed by atoms with Crippen molar-refractivity contribution < 1.29 is 4.79 Å². The molecule has 1 heterocycles. The number of aldehydes is 1. The zero-order valence-corrected chi connectivity index (χ0v) is 12.5. The summed E-state index contributed by atoms with van der Waals surface area (Å²) in [6, 6.07) is 0.330. The fraction of sp³-hybridized carbons (Fsp3) is 0.765. The molecule has 0 unspecified atom stereocenters. The average Bonchev–Trinajstić information content (AvgIpc) is 2.82. The first-order valence-corrected chi connectivity index (χ1v) is 8.14. The molecule has 4 fully saturated rings. The van der Waals surface area contributed by atoms with Crippen LogP contribution in [0.1, 0.15) is 74.5 Å². The van der Waals surface area contributed by atoms with Gasteiger partial charge in [0.2, 0.25) is 0 Å². The zero-order chi connectivity index (χ0) is 13.9. The van der Waals surface area contributed by atoms with E-state index in [1.807, 2.05) is 10.9 Å². The van der Waals surface area contributed by atoms with E-state index >= 15 is 0 Å². The summed E-state index contributed by atoms with van der Waals surface area (Å²) < 4.78 is 1.98. The monoisotopic (exact) mass is 272 g/mol. The van der Waals surface area contributed by atoms with Gasteiger partial charge in [0.15, 0.2) is 6.29 Å². The van der Waals surface area contributed by atoms with E-state index in [0.717, 1.165) is 35.3 Å². The van der Waals surface area contributed by atoms with Crippen LogP contribution < -0.4 is 0 Å². The van der Waals surface area contributed by atoms with Crippen molar-refractivity contribution in [3.8, 4) is 0 Å². The molecule has 4 bridgehead atoms. The van der Waals surface area contributed by atoms with Crippen LogP contribution in [0.5, 0.6) is 0 Å². The van der Waals surface area contributed by atoms with E-state index in [1.54, 1.807) is 0 Å². The summed E-state index contributed by atoms with van der Waals surface area (Å²) in [4.78, 5) is 11.5. The van der Waals surface area contributed by atoms with E-state index in [0.29, 0.717) is 6.04 Å². The Kier molecular flexibility index (Phi) is 2.64. The minimum Gasteiger partial charge on any atom is -0.298 e. The number of carbonyl (C=O) groups excluding carboxylic acids is 1. The van der Waals surface area contributed by atoms with Crippen molar-refractivity contribution in [1.82, 2.24) is 9.78 Å². The minimum absolute atomic E-state index is 0.227. The second kappa shape index (κ2) is 4.19. The predicted octanol–water partition coefficient (Wildman–Crippen LogP) is 3.74. The van der Waals surface area contributed by atoms with Crippen LogP contribution in [0.3, 0.4) is 0 Å². The molecule has 0 amide bonds. The molecule has 0 N–H and O–H groups in total. The number of nitrogens with zero attached hydrogens (tertiary/aromatic N) is 2. The van der Waals surface area contributed by atoms with Crippen molar-refractivity contribution in [2.45, 2.75) is 63.8 Å². The van der Waals surface area contributed by atoms with Crippen LogP contribution >= 0.6 is 0 Å². The quantitative estimate of drug-likeness (QED) is 0.786. The van der Waals surface area contributed by atoms with Crippen LogP contribution in [0.25, 0.3) is 0 Å². The highest BCUT2D eigenvalue weighted by molar-refractivity contribution is 5.76. The molecule has 0 spiro atoms. The number of hydrogen-bond acceptors (Lipinski definition) is 2. The summed E-state index contributed by atoms with van der Waals surface area (Å²) in [6.45, 7) is 4.26. The van der Waals surface area contributed by atoms with Crippen molar-refractivity contribution >= 4 is 6.29 Å². The molecule has 0 aromatic carbocycles. The highest BCUT2D eigenvalue weighted by Gasteiger charge is 2.53. The number of aromatic nitrogens is 2. The molecular weight excluding hydrogens is 248 g/mol. The third-order valence-electron chi connectivity index (χ3n) is 5.96. The van der Waals surface area contributed by atoms with Gasteiger partial charge in [-0.15, -0.1) is 0 Å². The van der Waals surface area contributed by atoms with Gasteiger partial charge in [0.1, 0.15) is 0 Å².